The van der Waals surface area contributed by atoms with E-state index in [9.17, 15) is 18.7 Å². The lowest BCUT2D eigenvalue weighted by Crippen LogP contribution is -2.29. The summed E-state index contributed by atoms with van der Waals surface area (Å²) in [4.78, 5) is 19.1. The number of nitrogens with zero attached hydrogens (tertiary/aromatic N) is 1. The Balaban J connectivity index is 1.83. The van der Waals surface area contributed by atoms with Gasteiger partial charge in [0.15, 0.2) is 5.78 Å². The minimum Gasteiger partial charge on any atom is -0.388 e. The van der Waals surface area contributed by atoms with E-state index in [4.69, 9.17) is 4.98 Å². The predicted octanol–water partition coefficient (Wildman–Crippen LogP) is 6.92. The number of aliphatic hydroxyl groups is 1. The van der Waals surface area contributed by atoms with Gasteiger partial charge in [0.2, 0.25) is 0 Å². The first kappa shape index (κ1) is 22.9. The van der Waals surface area contributed by atoms with E-state index < -0.39 is 11.9 Å². The monoisotopic (exact) mass is 461 g/mol. The number of ketones is 1. The van der Waals surface area contributed by atoms with Gasteiger partial charge in [0.1, 0.15) is 11.6 Å². The fraction of sp³-hybridized carbons (Fsp3) is 0.379. The van der Waals surface area contributed by atoms with Gasteiger partial charge in [-0.15, -0.1) is 0 Å². The molecule has 0 radical (unpaired) electrons. The summed E-state index contributed by atoms with van der Waals surface area (Å²) in [6.07, 6.45) is 4.50. The van der Waals surface area contributed by atoms with Gasteiger partial charge in [-0.1, -0.05) is 38.8 Å². The maximum atomic E-state index is 14.0. The van der Waals surface area contributed by atoms with Crippen molar-refractivity contribution >= 4 is 5.78 Å². The van der Waals surface area contributed by atoms with Crippen LogP contribution in [-0.4, -0.2) is 15.9 Å². The zero-order chi connectivity index (χ0) is 24.0. The molecule has 2 aliphatic rings. The largest absolute Gasteiger partial charge is 0.388 e. The number of hydrogen-bond donors (Lipinski definition) is 1. The molecular weight excluding hydrogens is 432 g/mol. The number of carbonyl (C=O) groups excluding carboxylic acids is 1. The first-order valence-corrected chi connectivity index (χ1v) is 12.0. The van der Waals surface area contributed by atoms with E-state index in [0.717, 1.165) is 37.1 Å². The minimum atomic E-state index is -0.788. The van der Waals surface area contributed by atoms with Crippen molar-refractivity contribution in [3.05, 3.63) is 88.2 Å². The van der Waals surface area contributed by atoms with Crippen LogP contribution in [0.5, 0.6) is 0 Å². The lowest BCUT2D eigenvalue weighted by atomic mass is 9.71. The Morgan fingerprint density at radius 3 is 2.18 bits per heavy atom. The molecule has 0 saturated heterocycles. The smallest absolute Gasteiger partial charge is 0.195 e. The summed E-state index contributed by atoms with van der Waals surface area (Å²) in [5.74, 6) is -0.872. The van der Waals surface area contributed by atoms with E-state index in [0.29, 0.717) is 40.7 Å². The molecule has 1 saturated carbocycles. The molecule has 34 heavy (non-hydrogen) atoms. The van der Waals surface area contributed by atoms with Crippen molar-refractivity contribution in [2.24, 2.45) is 5.41 Å². The average Bonchev–Trinajstić information content (AvgIpc) is 3.32. The minimum absolute atomic E-state index is 0.130. The van der Waals surface area contributed by atoms with Crippen LogP contribution in [0.3, 0.4) is 0 Å². The lowest BCUT2D eigenvalue weighted by molar-refractivity contribution is 0.0979. The number of rotatable bonds is 4. The van der Waals surface area contributed by atoms with Crippen molar-refractivity contribution < 1.29 is 18.7 Å². The van der Waals surface area contributed by atoms with Gasteiger partial charge in [-0.2, -0.15) is 0 Å². The van der Waals surface area contributed by atoms with Crippen LogP contribution >= 0.6 is 0 Å². The van der Waals surface area contributed by atoms with Gasteiger partial charge in [0.05, 0.1) is 17.4 Å². The molecule has 0 aliphatic heterocycles. The van der Waals surface area contributed by atoms with Crippen molar-refractivity contribution in [2.75, 3.05) is 0 Å². The van der Waals surface area contributed by atoms with Gasteiger partial charge in [0, 0.05) is 28.3 Å². The molecule has 0 spiro atoms. The maximum Gasteiger partial charge on any atom is 0.195 e. The standard InChI is InChI=1S/C29H29F2NO2/c1-29(2)15-22-25(23(33)16-29)24(17-7-11-20(30)12-8-17)26(27(32-22)18-5-3-4-6-18)28(34)19-9-13-21(31)14-10-19/h7-14,18,23,33H,3-6,15-16H2,1-2H3. The molecule has 2 aliphatic carbocycles. The van der Waals surface area contributed by atoms with Crippen LogP contribution in [0.25, 0.3) is 11.1 Å². The SMILES string of the molecule is CC1(C)Cc2nc(C3CCCC3)c(C(=O)c3ccc(F)cc3)c(-c3ccc(F)cc3)c2C(O)C1. The van der Waals surface area contributed by atoms with Crippen molar-refractivity contribution in [3.8, 4) is 11.1 Å². The van der Waals surface area contributed by atoms with Crippen molar-refractivity contribution in [1.82, 2.24) is 4.98 Å². The van der Waals surface area contributed by atoms with E-state index in [1.807, 2.05) is 0 Å². The van der Waals surface area contributed by atoms with Gasteiger partial charge in [-0.3, -0.25) is 9.78 Å². The third kappa shape index (κ3) is 4.18. The molecule has 1 fully saturated rings. The van der Waals surface area contributed by atoms with Gasteiger partial charge in [-0.25, -0.2) is 8.78 Å². The molecule has 5 heteroatoms. The zero-order valence-corrected chi connectivity index (χ0v) is 19.6. The lowest BCUT2D eigenvalue weighted by Gasteiger charge is -2.37. The number of fused-ring (bicyclic) bond motifs is 1. The van der Waals surface area contributed by atoms with Crippen molar-refractivity contribution in [2.45, 2.75) is 64.4 Å². The van der Waals surface area contributed by atoms with E-state index in [-0.39, 0.29) is 22.9 Å². The quantitative estimate of drug-likeness (QED) is 0.429. The number of benzene rings is 2. The highest BCUT2D eigenvalue weighted by Gasteiger charge is 2.38. The highest BCUT2D eigenvalue weighted by Crippen LogP contribution is 2.48. The second-order valence-corrected chi connectivity index (χ2v) is 10.5. The number of hydrogen-bond acceptors (Lipinski definition) is 3. The summed E-state index contributed by atoms with van der Waals surface area (Å²) >= 11 is 0. The fourth-order valence-electron chi connectivity index (χ4n) is 5.70. The normalized spacial score (nSPS) is 19.7. The number of carbonyl (C=O) groups is 1. The third-order valence-electron chi connectivity index (χ3n) is 7.28. The van der Waals surface area contributed by atoms with Crippen LogP contribution in [0.1, 0.15) is 90.8 Å². The Morgan fingerprint density at radius 1 is 0.971 bits per heavy atom. The highest BCUT2D eigenvalue weighted by atomic mass is 19.1. The molecule has 1 heterocycles. The highest BCUT2D eigenvalue weighted by molar-refractivity contribution is 6.14. The summed E-state index contributed by atoms with van der Waals surface area (Å²) in [6, 6.07) is 11.6. The first-order chi connectivity index (χ1) is 16.2. The van der Waals surface area contributed by atoms with E-state index in [2.05, 4.69) is 13.8 Å². The van der Waals surface area contributed by atoms with Gasteiger partial charge in [-0.05, 0) is 73.1 Å². The molecule has 5 rings (SSSR count). The molecule has 2 aromatic carbocycles. The number of pyridine rings is 1. The number of aromatic nitrogens is 1. The van der Waals surface area contributed by atoms with Crippen LogP contribution in [0.2, 0.25) is 0 Å². The molecule has 3 nitrogen and oxygen atoms in total. The Morgan fingerprint density at radius 2 is 1.56 bits per heavy atom. The van der Waals surface area contributed by atoms with Crippen molar-refractivity contribution in [1.29, 1.82) is 0 Å². The summed E-state index contributed by atoms with van der Waals surface area (Å²) < 4.78 is 27.5. The molecule has 176 valence electrons. The summed E-state index contributed by atoms with van der Waals surface area (Å²) in [5, 5.41) is 11.3. The zero-order valence-electron chi connectivity index (χ0n) is 19.6. The maximum absolute atomic E-state index is 14.0. The molecule has 0 amide bonds. The van der Waals surface area contributed by atoms with Crippen molar-refractivity contribution in [3.63, 3.8) is 0 Å². The Hall–Kier alpha value is -2.92. The second kappa shape index (κ2) is 8.70. The van der Waals surface area contributed by atoms with E-state index in [1.165, 1.54) is 36.4 Å². The van der Waals surface area contributed by atoms with Crippen LogP contribution in [-0.2, 0) is 6.42 Å². The second-order valence-electron chi connectivity index (χ2n) is 10.5. The topological polar surface area (TPSA) is 50.2 Å². The molecule has 0 bridgehead atoms. The van der Waals surface area contributed by atoms with Crippen LogP contribution < -0.4 is 0 Å². The molecule has 1 N–H and O–H groups in total. The van der Waals surface area contributed by atoms with Gasteiger partial charge in [0.25, 0.3) is 0 Å². The Bertz CT molecular complexity index is 1230. The summed E-state index contributed by atoms with van der Waals surface area (Å²) in [5.41, 5.74) is 4.27. The van der Waals surface area contributed by atoms with E-state index in [1.54, 1.807) is 12.1 Å². The summed E-state index contributed by atoms with van der Waals surface area (Å²) in [6.45, 7) is 4.23. The molecule has 1 aromatic heterocycles. The molecule has 3 aromatic rings. The Kier molecular flexibility index (Phi) is 5.85. The van der Waals surface area contributed by atoms with Crippen LogP contribution in [0.4, 0.5) is 8.78 Å². The molecule has 1 unspecified atom stereocenters. The molecule has 1 atom stereocenters. The van der Waals surface area contributed by atoms with Crippen LogP contribution in [0, 0.1) is 17.0 Å². The number of halogens is 2. The van der Waals surface area contributed by atoms with Gasteiger partial charge < -0.3 is 5.11 Å². The van der Waals surface area contributed by atoms with Gasteiger partial charge >= 0.3 is 0 Å². The van der Waals surface area contributed by atoms with Crippen LogP contribution in [0.15, 0.2) is 48.5 Å². The predicted molar refractivity (Wildman–Crippen MR) is 128 cm³/mol. The fourth-order valence-corrected chi connectivity index (χ4v) is 5.70. The number of aliphatic hydroxyl groups excluding tert-OH is 1. The first-order valence-electron chi connectivity index (χ1n) is 12.0. The summed E-state index contributed by atoms with van der Waals surface area (Å²) in [7, 11) is 0. The van der Waals surface area contributed by atoms with E-state index >= 15 is 0 Å². The third-order valence-corrected chi connectivity index (χ3v) is 7.28. The Labute approximate surface area is 198 Å². The molecular formula is C29H29F2NO2. The average molecular weight is 462 g/mol.